The molecule has 1 fully saturated rings. The van der Waals surface area contributed by atoms with E-state index in [4.69, 9.17) is 5.10 Å². The minimum atomic E-state index is -0.365. The molecule has 2 aromatic heterocycles. The molecule has 5 heteroatoms. The zero-order valence-corrected chi connectivity index (χ0v) is 16.1. The number of aliphatic hydroxyl groups excluding tert-OH is 1. The summed E-state index contributed by atoms with van der Waals surface area (Å²) in [5.41, 5.74) is 3.92. The lowest BCUT2D eigenvalue weighted by Gasteiger charge is -2.27. The predicted octanol–water partition coefficient (Wildman–Crippen LogP) is 4.95. The number of phenols is 1. The summed E-state index contributed by atoms with van der Waals surface area (Å²) in [4.78, 5) is 4.13. The zero-order valence-electron chi connectivity index (χ0n) is 16.1. The smallest absolute Gasteiger partial charge is 0.123 e. The average molecular weight is 385 g/mol. The molecular formula is C24H23N3O2. The molecule has 2 aromatic carbocycles. The number of pyridine rings is 1. The molecule has 0 saturated heterocycles. The van der Waals surface area contributed by atoms with E-state index in [2.05, 4.69) is 17.2 Å². The van der Waals surface area contributed by atoms with Gasteiger partial charge in [-0.15, -0.1) is 0 Å². The Morgan fingerprint density at radius 3 is 2.59 bits per heavy atom. The van der Waals surface area contributed by atoms with Gasteiger partial charge in [0.05, 0.1) is 12.1 Å². The Morgan fingerprint density at radius 2 is 1.76 bits per heavy atom. The molecule has 1 aliphatic rings. The van der Waals surface area contributed by atoms with Crippen molar-refractivity contribution in [2.45, 2.75) is 37.8 Å². The normalized spacial score (nSPS) is 19.5. The fourth-order valence-electron chi connectivity index (χ4n) is 4.33. The van der Waals surface area contributed by atoms with E-state index in [0.717, 1.165) is 58.8 Å². The first-order chi connectivity index (χ1) is 14.2. The summed E-state index contributed by atoms with van der Waals surface area (Å²) >= 11 is 0. The van der Waals surface area contributed by atoms with Gasteiger partial charge in [-0.3, -0.25) is 9.67 Å². The highest BCUT2D eigenvalue weighted by molar-refractivity contribution is 5.93. The lowest BCUT2D eigenvalue weighted by atomic mass is 9.93. The molecule has 1 saturated carbocycles. The summed E-state index contributed by atoms with van der Waals surface area (Å²) in [6.07, 6.45) is 9.16. The van der Waals surface area contributed by atoms with E-state index in [9.17, 15) is 10.2 Å². The molecule has 2 N–H and O–H groups in total. The monoisotopic (exact) mass is 385 g/mol. The molecule has 29 heavy (non-hydrogen) atoms. The summed E-state index contributed by atoms with van der Waals surface area (Å²) in [6, 6.07) is 15.5. The van der Waals surface area contributed by atoms with Crippen molar-refractivity contribution < 1.29 is 10.2 Å². The molecule has 5 nitrogen and oxygen atoms in total. The number of rotatable bonds is 3. The van der Waals surface area contributed by atoms with Crippen LogP contribution in [0.3, 0.4) is 0 Å². The van der Waals surface area contributed by atoms with Gasteiger partial charge in [0.2, 0.25) is 0 Å². The number of benzene rings is 2. The van der Waals surface area contributed by atoms with Crippen LogP contribution in [0.15, 0.2) is 67.1 Å². The van der Waals surface area contributed by atoms with Crippen LogP contribution in [0, 0.1) is 0 Å². The number of aromatic hydroxyl groups is 1. The average Bonchev–Trinajstić information content (AvgIpc) is 3.20. The van der Waals surface area contributed by atoms with Gasteiger partial charge in [0, 0.05) is 35.1 Å². The minimum absolute atomic E-state index is 0.00240. The van der Waals surface area contributed by atoms with Gasteiger partial charge in [0.1, 0.15) is 11.4 Å². The second-order valence-corrected chi connectivity index (χ2v) is 7.74. The molecule has 0 aliphatic heterocycles. The van der Waals surface area contributed by atoms with Gasteiger partial charge in [0.15, 0.2) is 0 Å². The first-order valence-corrected chi connectivity index (χ1v) is 10.1. The second kappa shape index (κ2) is 7.33. The fraction of sp³-hybridized carbons (Fsp3) is 0.250. The van der Waals surface area contributed by atoms with Gasteiger partial charge in [-0.2, -0.15) is 5.10 Å². The molecule has 0 radical (unpaired) electrons. The number of nitrogens with zero attached hydrogens (tertiary/aromatic N) is 3. The molecule has 2 atom stereocenters. The van der Waals surface area contributed by atoms with Crippen LogP contribution in [-0.4, -0.2) is 31.1 Å². The molecule has 5 rings (SSSR count). The van der Waals surface area contributed by atoms with E-state index < -0.39 is 0 Å². The number of hydrogen-bond donors (Lipinski definition) is 2. The molecule has 1 unspecified atom stereocenters. The lowest BCUT2D eigenvalue weighted by Crippen LogP contribution is -2.27. The number of aliphatic hydroxyl groups is 1. The Kier molecular flexibility index (Phi) is 4.52. The van der Waals surface area contributed by atoms with E-state index >= 15 is 0 Å². The Hall–Kier alpha value is -3.18. The Bertz CT molecular complexity index is 1150. The molecule has 0 spiro atoms. The van der Waals surface area contributed by atoms with Crippen molar-refractivity contribution in [3.8, 4) is 28.1 Å². The number of fused-ring (bicyclic) bond motifs is 1. The third-order valence-electron chi connectivity index (χ3n) is 5.89. The third-order valence-corrected chi connectivity index (χ3v) is 5.89. The molecule has 146 valence electrons. The highest BCUT2D eigenvalue weighted by Gasteiger charge is 2.27. The molecular weight excluding hydrogens is 362 g/mol. The van der Waals surface area contributed by atoms with Crippen molar-refractivity contribution in [3.63, 3.8) is 0 Å². The molecule has 0 amide bonds. The molecule has 1 aliphatic carbocycles. The maximum Gasteiger partial charge on any atom is 0.123 e. The standard InChI is InChI=1S/C24H23N3O2/c28-22-7-3-4-17-14-18(8-9-19(17)22)20-15-27(21-5-1-2-6-23(21)29)26-24(20)16-10-12-25-13-11-16/h3-4,7-15,21,23,28-29H,1-2,5-6H2/t21?,23-/m0/s1. The van der Waals surface area contributed by atoms with Crippen LogP contribution in [0.4, 0.5) is 0 Å². The Labute approximate surface area is 169 Å². The van der Waals surface area contributed by atoms with Crippen LogP contribution in [0.5, 0.6) is 5.75 Å². The summed E-state index contributed by atoms with van der Waals surface area (Å²) in [6.45, 7) is 0. The number of aromatic nitrogens is 3. The van der Waals surface area contributed by atoms with Crippen molar-refractivity contribution in [1.29, 1.82) is 0 Å². The van der Waals surface area contributed by atoms with Gasteiger partial charge in [-0.25, -0.2) is 0 Å². The van der Waals surface area contributed by atoms with E-state index in [1.54, 1.807) is 18.5 Å². The van der Waals surface area contributed by atoms with Crippen LogP contribution >= 0.6 is 0 Å². The second-order valence-electron chi connectivity index (χ2n) is 7.74. The quantitative estimate of drug-likeness (QED) is 0.524. The number of hydrogen-bond acceptors (Lipinski definition) is 4. The van der Waals surface area contributed by atoms with E-state index in [1.165, 1.54) is 0 Å². The Balaban J connectivity index is 1.66. The van der Waals surface area contributed by atoms with Crippen LogP contribution in [0.1, 0.15) is 31.7 Å². The predicted molar refractivity (Wildman–Crippen MR) is 114 cm³/mol. The fourth-order valence-corrected chi connectivity index (χ4v) is 4.33. The molecule has 4 aromatic rings. The van der Waals surface area contributed by atoms with Crippen molar-refractivity contribution >= 4 is 10.8 Å². The minimum Gasteiger partial charge on any atom is -0.507 e. The summed E-state index contributed by atoms with van der Waals surface area (Å²) in [7, 11) is 0. The van der Waals surface area contributed by atoms with Crippen LogP contribution in [0.25, 0.3) is 33.2 Å². The van der Waals surface area contributed by atoms with Crippen LogP contribution in [-0.2, 0) is 0 Å². The first-order valence-electron chi connectivity index (χ1n) is 10.1. The third kappa shape index (κ3) is 3.28. The topological polar surface area (TPSA) is 71.2 Å². The van der Waals surface area contributed by atoms with E-state index in [0.29, 0.717) is 0 Å². The number of phenolic OH excluding ortho intramolecular Hbond substituents is 1. The van der Waals surface area contributed by atoms with Crippen LogP contribution in [0.2, 0.25) is 0 Å². The highest BCUT2D eigenvalue weighted by Crippen LogP contribution is 2.37. The van der Waals surface area contributed by atoms with Crippen LogP contribution < -0.4 is 0 Å². The maximum atomic E-state index is 10.5. The summed E-state index contributed by atoms with van der Waals surface area (Å²) in [5, 5.41) is 27.4. The van der Waals surface area contributed by atoms with Gasteiger partial charge in [-0.1, -0.05) is 37.1 Å². The van der Waals surface area contributed by atoms with Crippen molar-refractivity contribution in [3.05, 3.63) is 67.1 Å². The zero-order chi connectivity index (χ0) is 19.8. The lowest BCUT2D eigenvalue weighted by molar-refractivity contribution is 0.0696. The highest BCUT2D eigenvalue weighted by atomic mass is 16.3. The van der Waals surface area contributed by atoms with Gasteiger partial charge < -0.3 is 10.2 Å². The summed E-state index contributed by atoms with van der Waals surface area (Å²) in [5.74, 6) is 0.282. The molecule has 0 bridgehead atoms. The SMILES string of the molecule is Oc1cccc2cc(-c3cn(C4CCCC[C@@H]4O)nc3-c3ccncc3)ccc12. The van der Waals surface area contributed by atoms with Gasteiger partial charge >= 0.3 is 0 Å². The van der Waals surface area contributed by atoms with Crippen molar-refractivity contribution in [2.24, 2.45) is 0 Å². The van der Waals surface area contributed by atoms with Crippen molar-refractivity contribution in [1.82, 2.24) is 14.8 Å². The van der Waals surface area contributed by atoms with E-state index in [1.807, 2.05) is 41.1 Å². The van der Waals surface area contributed by atoms with E-state index in [-0.39, 0.29) is 17.9 Å². The molecule has 2 heterocycles. The maximum absolute atomic E-state index is 10.5. The van der Waals surface area contributed by atoms with Gasteiger partial charge in [-0.05, 0) is 48.1 Å². The summed E-state index contributed by atoms with van der Waals surface area (Å²) < 4.78 is 1.95. The largest absolute Gasteiger partial charge is 0.507 e. The van der Waals surface area contributed by atoms with Crippen molar-refractivity contribution in [2.75, 3.05) is 0 Å². The first kappa shape index (κ1) is 17.9. The van der Waals surface area contributed by atoms with Gasteiger partial charge in [0.25, 0.3) is 0 Å². The Morgan fingerprint density at radius 1 is 0.931 bits per heavy atom.